The van der Waals surface area contributed by atoms with E-state index >= 15 is 0 Å². The fourth-order valence-electron chi connectivity index (χ4n) is 6.97. The summed E-state index contributed by atoms with van der Waals surface area (Å²) in [5.74, 6) is -3.61. The van der Waals surface area contributed by atoms with Gasteiger partial charge in [0, 0.05) is 18.7 Å². The SMILES string of the molecule is CC[C@H](C)[C@H](CO)N1C(=O)[C@H]2[C@@H]3C(=O)O[C@H](C)CNC(=O)CC/C=C\CN(c4cc(C)ccc4C)C(=O)[C@H]1[C@@]21C=C[C@@H]3O1. The maximum absolute atomic E-state index is 15.0. The molecule has 43 heavy (non-hydrogen) atoms. The molecule has 0 aromatic heterocycles. The number of nitrogens with one attached hydrogen (secondary N) is 1. The normalized spacial score (nSPS) is 33.3. The Kier molecular flexibility index (Phi) is 8.81. The molecule has 8 atom stereocenters. The summed E-state index contributed by atoms with van der Waals surface area (Å²) in [5, 5.41) is 13.4. The molecule has 2 N–H and O–H groups in total. The fraction of sp³-hybridized carbons (Fsp3) is 0.576. The zero-order valence-corrected chi connectivity index (χ0v) is 25.6. The predicted octanol–water partition coefficient (Wildman–Crippen LogP) is 2.59. The lowest BCUT2D eigenvalue weighted by molar-refractivity contribution is -0.159. The Balaban J connectivity index is 1.67. The maximum Gasteiger partial charge on any atom is 0.313 e. The van der Waals surface area contributed by atoms with Gasteiger partial charge in [0.1, 0.15) is 23.7 Å². The van der Waals surface area contributed by atoms with E-state index in [2.05, 4.69) is 5.32 Å². The summed E-state index contributed by atoms with van der Waals surface area (Å²) in [5.41, 5.74) is 1.15. The fourth-order valence-corrected chi connectivity index (χ4v) is 6.97. The van der Waals surface area contributed by atoms with Crippen molar-refractivity contribution in [1.29, 1.82) is 0 Å². The summed E-state index contributed by atoms with van der Waals surface area (Å²) in [6.45, 7) is 9.49. The van der Waals surface area contributed by atoms with Crippen LogP contribution in [-0.4, -0.2) is 83.3 Å². The number of nitrogens with zero attached hydrogens (tertiary/aromatic N) is 2. The lowest BCUT2D eigenvalue weighted by Crippen LogP contribution is -2.59. The number of aliphatic hydroxyl groups is 1. The van der Waals surface area contributed by atoms with Crippen molar-refractivity contribution in [2.24, 2.45) is 17.8 Å². The van der Waals surface area contributed by atoms with Crippen molar-refractivity contribution in [1.82, 2.24) is 10.2 Å². The number of fused-ring (bicyclic) bond motifs is 2. The number of amides is 3. The second-order valence-corrected chi connectivity index (χ2v) is 12.4. The van der Waals surface area contributed by atoms with Crippen LogP contribution in [0.4, 0.5) is 5.69 Å². The molecule has 1 spiro atoms. The van der Waals surface area contributed by atoms with Gasteiger partial charge < -0.3 is 29.7 Å². The highest BCUT2D eigenvalue weighted by Crippen LogP contribution is 2.56. The van der Waals surface area contributed by atoms with Gasteiger partial charge in [-0.3, -0.25) is 19.2 Å². The molecule has 0 aliphatic carbocycles. The number of esters is 1. The highest BCUT2D eigenvalue weighted by atomic mass is 16.6. The number of carbonyl (C=O) groups is 4. The van der Waals surface area contributed by atoms with Gasteiger partial charge in [0.2, 0.25) is 11.8 Å². The van der Waals surface area contributed by atoms with Gasteiger partial charge in [-0.1, -0.05) is 56.7 Å². The van der Waals surface area contributed by atoms with Gasteiger partial charge in [0.05, 0.1) is 31.2 Å². The molecule has 10 nitrogen and oxygen atoms in total. The molecule has 10 heteroatoms. The number of benzene rings is 1. The Labute approximate surface area is 253 Å². The van der Waals surface area contributed by atoms with Crippen LogP contribution >= 0.6 is 0 Å². The summed E-state index contributed by atoms with van der Waals surface area (Å²) in [6.07, 6.45) is 7.28. The van der Waals surface area contributed by atoms with E-state index in [0.717, 1.165) is 11.1 Å². The van der Waals surface area contributed by atoms with Crippen LogP contribution in [0.15, 0.2) is 42.5 Å². The summed E-state index contributed by atoms with van der Waals surface area (Å²) < 4.78 is 12.2. The molecule has 5 rings (SSSR count). The van der Waals surface area contributed by atoms with Crippen LogP contribution in [0, 0.1) is 31.6 Å². The molecule has 232 valence electrons. The van der Waals surface area contributed by atoms with Gasteiger partial charge in [-0.15, -0.1) is 0 Å². The van der Waals surface area contributed by atoms with Crippen LogP contribution in [0.3, 0.4) is 0 Å². The minimum atomic E-state index is -1.39. The number of allylic oxidation sites excluding steroid dienone is 1. The zero-order chi connectivity index (χ0) is 31.1. The number of hydrogen-bond acceptors (Lipinski definition) is 7. The average Bonchev–Trinajstić information content (AvgIpc) is 3.62. The monoisotopic (exact) mass is 593 g/mol. The molecule has 0 saturated carbocycles. The van der Waals surface area contributed by atoms with E-state index < -0.39 is 53.6 Å². The number of aryl methyl sites for hydroxylation is 2. The number of anilines is 1. The highest BCUT2D eigenvalue weighted by molar-refractivity contribution is 6.05. The molecule has 2 saturated heterocycles. The summed E-state index contributed by atoms with van der Waals surface area (Å²) >= 11 is 0. The quantitative estimate of drug-likeness (QED) is 0.397. The molecule has 4 heterocycles. The molecule has 4 aliphatic rings. The first-order valence-electron chi connectivity index (χ1n) is 15.3. The topological polar surface area (TPSA) is 125 Å². The van der Waals surface area contributed by atoms with Crippen LogP contribution < -0.4 is 10.2 Å². The molecule has 4 aliphatic heterocycles. The Morgan fingerprint density at radius 3 is 2.63 bits per heavy atom. The van der Waals surface area contributed by atoms with E-state index in [1.165, 1.54) is 4.90 Å². The van der Waals surface area contributed by atoms with Crippen LogP contribution in [0.1, 0.15) is 51.2 Å². The van der Waals surface area contributed by atoms with Crippen molar-refractivity contribution < 1.29 is 33.8 Å². The number of carbonyl (C=O) groups excluding carboxylic acids is 4. The zero-order valence-electron chi connectivity index (χ0n) is 25.6. The minimum Gasteiger partial charge on any atom is -0.460 e. The number of ether oxygens (including phenoxy) is 2. The van der Waals surface area contributed by atoms with Crippen molar-refractivity contribution in [2.45, 2.75) is 83.8 Å². The predicted molar refractivity (Wildman–Crippen MR) is 160 cm³/mol. The number of aliphatic hydroxyl groups excluding tert-OH is 1. The number of hydrogen-bond donors (Lipinski definition) is 2. The van der Waals surface area contributed by atoms with E-state index in [-0.39, 0.29) is 43.8 Å². The van der Waals surface area contributed by atoms with Crippen molar-refractivity contribution in [2.75, 3.05) is 24.6 Å². The van der Waals surface area contributed by atoms with E-state index in [1.54, 1.807) is 24.0 Å². The number of cyclic esters (lactones) is 1. The first-order valence-corrected chi connectivity index (χ1v) is 15.3. The Morgan fingerprint density at radius 1 is 1.14 bits per heavy atom. The molecule has 0 radical (unpaired) electrons. The van der Waals surface area contributed by atoms with Crippen molar-refractivity contribution in [3.63, 3.8) is 0 Å². The lowest BCUT2D eigenvalue weighted by Gasteiger charge is -2.40. The van der Waals surface area contributed by atoms with Gasteiger partial charge in [-0.05, 0) is 50.3 Å². The smallest absolute Gasteiger partial charge is 0.313 e. The molecule has 0 unspecified atom stereocenters. The van der Waals surface area contributed by atoms with Crippen molar-refractivity contribution in [3.8, 4) is 0 Å². The Bertz CT molecular complexity index is 1340. The van der Waals surface area contributed by atoms with Crippen LogP contribution in [0.2, 0.25) is 0 Å². The van der Waals surface area contributed by atoms with Gasteiger partial charge in [0.15, 0.2) is 0 Å². The van der Waals surface area contributed by atoms with Crippen LogP contribution in [-0.2, 0) is 28.7 Å². The third kappa shape index (κ3) is 5.40. The summed E-state index contributed by atoms with van der Waals surface area (Å²) in [7, 11) is 0. The maximum atomic E-state index is 15.0. The van der Waals surface area contributed by atoms with E-state index in [9.17, 15) is 24.3 Å². The first kappa shape index (κ1) is 30.9. The second kappa shape index (κ2) is 12.2. The summed E-state index contributed by atoms with van der Waals surface area (Å²) in [4.78, 5) is 58.7. The van der Waals surface area contributed by atoms with Crippen molar-refractivity contribution >= 4 is 29.4 Å². The summed E-state index contributed by atoms with van der Waals surface area (Å²) in [6, 6.07) is 4.10. The third-order valence-electron chi connectivity index (χ3n) is 9.48. The molecule has 1 aromatic rings. The van der Waals surface area contributed by atoms with Gasteiger partial charge in [-0.2, -0.15) is 0 Å². The number of rotatable bonds is 5. The van der Waals surface area contributed by atoms with Crippen LogP contribution in [0.5, 0.6) is 0 Å². The Morgan fingerprint density at radius 2 is 1.91 bits per heavy atom. The molecule has 5 bridgehead atoms. The molecular weight excluding hydrogens is 550 g/mol. The Hall–Kier alpha value is -3.50. The van der Waals surface area contributed by atoms with Gasteiger partial charge in [-0.25, -0.2) is 0 Å². The van der Waals surface area contributed by atoms with E-state index in [4.69, 9.17) is 9.47 Å². The van der Waals surface area contributed by atoms with Gasteiger partial charge >= 0.3 is 5.97 Å². The third-order valence-corrected chi connectivity index (χ3v) is 9.48. The average molecular weight is 594 g/mol. The first-order chi connectivity index (χ1) is 20.5. The van der Waals surface area contributed by atoms with Gasteiger partial charge in [0.25, 0.3) is 5.91 Å². The second-order valence-electron chi connectivity index (χ2n) is 12.4. The number of likely N-dealkylation sites (tertiary alicyclic amines) is 1. The highest BCUT2D eigenvalue weighted by Gasteiger charge is 2.74. The van der Waals surface area contributed by atoms with E-state index in [1.807, 2.05) is 58.0 Å². The van der Waals surface area contributed by atoms with Crippen LogP contribution in [0.25, 0.3) is 0 Å². The lowest BCUT2D eigenvalue weighted by atomic mass is 9.74. The van der Waals surface area contributed by atoms with E-state index in [0.29, 0.717) is 18.5 Å². The molecule has 3 amide bonds. The minimum absolute atomic E-state index is 0.124. The molecule has 1 aromatic carbocycles. The largest absolute Gasteiger partial charge is 0.460 e. The standard InChI is InChI=1S/C33H43N3O7/c1-6-20(3)24(18-37)36-29-31(40)35(23-16-19(2)11-12-21(23)4)15-9-7-8-10-26(38)34-17-22(5)42-32(41)27-25-13-14-33(29,43-25)28(27)30(36)39/h7,9,11-14,16,20,22,24-25,27-29,37H,6,8,10,15,17-18H2,1-5H3,(H,34,38)/b9-7-/t20-,22+,24-,25-,27+,28+,29-,33+/m0/s1. The van der Waals surface area contributed by atoms with Crippen molar-refractivity contribution in [3.05, 3.63) is 53.6 Å². The molecular formula is C33H43N3O7. The molecule has 2 fully saturated rings.